The van der Waals surface area contributed by atoms with Gasteiger partial charge in [-0.3, -0.25) is 4.79 Å². The Morgan fingerprint density at radius 2 is 1.97 bits per heavy atom. The van der Waals surface area contributed by atoms with Crippen molar-refractivity contribution in [2.24, 2.45) is 5.41 Å². The van der Waals surface area contributed by atoms with E-state index in [1.165, 1.54) is 0 Å². The number of carboxylic acid groups (broad SMARTS) is 1. The van der Waals surface area contributed by atoms with Crippen LogP contribution in [0.4, 0.5) is 0 Å². The van der Waals surface area contributed by atoms with E-state index in [4.69, 9.17) is 4.74 Å². The predicted octanol–water partition coefficient (Wildman–Crippen LogP) is 3.81. The number of ether oxygens (including phenoxy) is 1. The Kier molecular flexibility index (Phi) is 5.85. The fourth-order valence-electron chi connectivity index (χ4n) is 4.09. The lowest BCUT2D eigenvalue weighted by Gasteiger charge is -2.33. The van der Waals surface area contributed by atoms with Crippen molar-refractivity contribution in [2.75, 3.05) is 7.11 Å². The highest BCUT2D eigenvalue weighted by atomic mass is 16.5. The summed E-state index contributed by atoms with van der Waals surface area (Å²) >= 11 is 0. The number of aliphatic hydroxyl groups excluding tert-OH is 1. The summed E-state index contributed by atoms with van der Waals surface area (Å²) in [5, 5.41) is 28.4. The number of rotatable bonds is 7. The molecule has 2 aromatic carbocycles. The lowest BCUT2D eigenvalue weighted by Crippen LogP contribution is -2.32. The maximum Gasteiger partial charge on any atom is 0.310 e. The van der Waals surface area contributed by atoms with Gasteiger partial charge in [0.15, 0.2) is 0 Å². The monoisotopic (exact) mass is 411 g/mol. The molecule has 30 heavy (non-hydrogen) atoms. The van der Waals surface area contributed by atoms with E-state index < -0.39 is 17.3 Å². The van der Waals surface area contributed by atoms with Crippen LogP contribution in [0.1, 0.15) is 54.5 Å². The van der Waals surface area contributed by atoms with Gasteiger partial charge in [0, 0.05) is 12.5 Å². The summed E-state index contributed by atoms with van der Waals surface area (Å²) in [4.78, 5) is 12.3. The fraction of sp³-hybridized carbons (Fsp3) is 0.435. The highest BCUT2D eigenvalue weighted by Gasteiger charge is 2.40. The fourth-order valence-corrected chi connectivity index (χ4v) is 4.09. The van der Waals surface area contributed by atoms with Crippen LogP contribution < -0.4 is 4.74 Å². The molecule has 0 aliphatic heterocycles. The van der Waals surface area contributed by atoms with Gasteiger partial charge in [-0.2, -0.15) is 0 Å². The molecule has 0 amide bonds. The van der Waals surface area contributed by atoms with Crippen molar-refractivity contribution in [3.63, 3.8) is 0 Å². The van der Waals surface area contributed by atoms with Crippen molar-refractivity contribution in [3.05, 3.63) is 52.1 Å². The number of hydrogen-bond acceptors (Lipinski definition) is 5. The molecule has 0 fully saturated rings. The minimum absolute atomic E-state index is 0.105. The topological polar surface area (TPSA) is 97.5 Å². The molecular formula is C23H29N3O4. The minimum Gasteiger partial charge on any atom is -0.494 e. The molecule has 7 heteroatoms. The molecule has 160 valence electrons. The average molecular weight is 412 g/mol. The van der Waals surface area contributed by atoms with Crippen LogP contribution in [0.25, 0.3) is 11.0 Å². The second kappa shape index (κ2) is 8.07. The lowest BCUT2D eigenvalue weighted by atomic mass is 9.69. The lowest BCUT2D eigenvalue weighted by molar-refractivity contribution is -0.147. The van der Waals surface area contributed by atoms with Crippen molar-refractivity contribution >= 4 is 17.0 Å². The van der Waals surface area contributed by atoms with Crippen molar-refractivity contribution in [2.45, 2.75) is 53.7 Å². The smallest absolute Gasteiger partial charge is 0.310 e. The second-order valence-electron chi connectivity index (χ2n) is 8.20. The van der Waals surface area contributed by atoms with Gasteiger partial charge in [-0.15, -0.1) is 5.10 Å². The summed E-state index contributed by atoms with van der Waals surface area (Å²) < 4.78 is 7.43. The van der Waals surface area contributed by atoms with Crippen molar-refractivity contribution in [1.82, 2.24) is 15.0 Å². The molecule has 3 rings (SSSR count). The van der Waals surface area contributed by atoms with Gasteiger partial charge in [0.2, 0.25) is 0 Å². The van der Waals surface area contributed by atoms with E-state index in [9.17, 15) is 15.0 Å². The zero-order valence-corrected chi connectivity index (χ0v) is 18.4. The Morgan fingerprint density at radius 1 is 1.27 bits per heavy atom. The molecule has 1 aromatic heterocycles. The van der Waals surface area contributed by atoms with Crippen LogP contribution >= 0.6 is 0 Å². The molecule has 0 aliphatic carbocycles. The standard InChI is InChI=1S/C23H29N3O4/c1-7-26-21-18(30-6)11-17(14(3)20(21)24-25-26)19(23(4,5)22(28)29)15-9-8-13(2)16(10-15)12-27/h8-11,19,27H,7,12H2,1-6H3,(H,28,29). The SMILES string of the molecule is CCn1nnc2c(C)c(C(c3ccc(C)c(CO)c3)C(C)(C)C(=O)O)cc(OC)c21. The molecule has 0 radical (unpaired) electrons. The highest BCUT2D eigenvalue weighted by molar-refractivity contribution is 5.87. The number of aromatic nitrogens is 3. The predicted molar refractivity (Wildman–Crippen MR) is 115 cm³/mol. The number of aryl methyl sites for hydroxylation is 3. The van der Waals surface area contributed by atoms with E-state index >= 15 is 0 Å². The van der Waals surface area contributed by atoms with Crippen LogP contribution in [-0.4, -0.2) is 38.3 Å². The Morgan fingerprint density at radius 3 is 2.53 bits per heavy atom. The minimum atomic E-state index is -1.12. The number of fused-ring (bicyclic) bond motifs is 1. The number of nitrogens with zero attached hydrogens (tertiary/aromatic N) is 3. The van der Waals surface area contributed by atoms with Gasteiger partial charge in [0.1, 0.15) is 16.8 Å². The van der Waals surface area contributed by atoms with Gasteiger partial charge in [0.05, 0.1) is 19.1 Å². The van der Waals surface area contributed by atoms with Gasteiger partial charge < -0.3 is 14.9 Å². The molecule has 0 saturated heterocycles. The third kappa shape index (κ3) is 3.43. The molecule has 0 spiro atoms. The molecule has 1 atom stereocenters. The van der Waals surface area contributed by atoms with Crippen molar-refractivity contribution in [3.8, 4) is 5.75 Å². The van der Waals surface area contributed by atoms with Crippen LogP contribution in [0, 0.1) is 19.3 Å². The van der Waals surface area contributed by atoms with Crippen LogP contribution in [0.15, 0.2) is 24.3 Å². The highest BCUT2D eigenvalue weighted by Crippen LogP contribution is 2.45. The number of benzene rings is 2. The first-order valence-corrected chi connectivity index (χ1v) is 10.0. The summed E-state index contributed by atoms with van der Waals surface area (Å²) in [6.07, 6.45) is 0. The van der Waals surface area contributed by atoms with Crippen LogP contribution in [0.5, 0.6) is 5.75 Å². The summed E-state index contributed by atoms with van der Waals surface area (Å²) in [5.41, 5.74) is 4.64. The molecule has 2 N–H and O–H groups in total. The molecule has 7 nitrogen and oxygen atoms in total. The number of aliphatic hydroxyl groups is 1. The van der Waals surface area contributed by atoms with E-state index in [0.717, 1.165) is 33.3 Å². The molecule has 0 saturated carbocycles. The number of hydrogen-bond donors (Lipinski definition) is 2. The first kappa shape index (κ1) is 21.8. The van der Waals surface area contributed by atoms with E-state index in [2.05, 4.69) is 10.3 Å². The first-order chi connectivity index (χ1) is 14.2. The largest absolute Gasteiger partial charge is 0.494 e. The summed E-state index contributed by atoms with van der Waals surface area (Å²) in [6, 6.07) is 7.65. The number of aliphatic carboxylic acids is 1. The van der Waals surface area contributed by atoms with Crippen molar-refractivity contribution in [1.29, 1.82) is 0 Å². The first-order valence-electron chi connectivity index (χ1n) is 10.0. The quantitative estimate of drug-likeness (QED) is 0.614. The number of methoxy groups -OCH3 is 1. The maximum atomic E-state index is 12.3. The van der Waals surface area contributed by atoms with E-state index in [-0.39, 0.29) is 6.61 Å². The third-order valence-electron chi connectivity index (χ3n) is 6.02. The average Bonchev–Trinajstić information content (AvgIpc) is 3.15. The van der Waals surface area contributed by atoms with Crippen molar-refractivity contribution < 1.29 is 19.7 Å². The summed E-state index contributed by atoms with van der Waals surface area (Å²) in [7, 11) is 1.59. The van der Waals surface area contributed by atoms with Gasteiger partial charge in [-0.05, 0) is 68.5 Å². The summed E-state index contributed by atoms with van der Waals surface area (Å²) in [6.45, 7) is 9.83. The van der Waals surface area contributed by atoms with Gasteiger partial charge >= 0.3 is 5.97 Å². The molecule has 1 heterocycles. The number of carbonyl (C=O) groups is 1. The maximum absolute atomic E-state index is 12.3. The van der Waals surface area contributed by atoms with Crippen LogP contribution in [0.3, 0.4) is 0 Å². The summed E-state index contributed by atoms with van der Waals surface area (Å²) in [5.74, 6) is -0.779. The molecule has 3 aromatic rings. The molecule has 1 unspecified atom stereocenters. The Balaban J connectivity index is 2.36. The molecular weight excluding hydrogens is 382 g/mol. The Bertz CT molecular complexity index is 1100. The van der Waals surface area contributed by atoms with Crippen LogP contribution in [0.2, 0.25) is 0 Å². The Hall–Kier alpha value is -2.93. The normalized spacial score (nSPS) is 12.9. The second-order valence-corrected chi connectivity index (χ2v) is 8.20. The van der Waals surface area contributed by atoms with Gasteiger partial charge in [-0.25, -0.2) is 4.68 Å². The molecule has 0 bridgehead atoms. The van der Waals surface area contributed by atoms with E-state index in [1.807, 2.05) is 45.0 Å². The number of carboxylic acids is 1. The zero-order chi connectivity index (χ0) is 22.2. The third-order valence-corrected chi connectivity index (χ3v) is 6.02. The van der Waals surface area contributed by atoms with Crippen LogP contribution in [-0.2, 0) is 17.9 Å². The Labute approximate surface area is 176 Å². The van der Waals surface area contributed by atoms with Gasteiger partial charge in [0.25, 0.3) is 0 Å². The van der Waals surface area contributed by atoms with Gasteiger partial charge in [-0.1, -0.05) is 23.4 Å². The zero-order valence-electron chi connectivity index (χ0n) is 18.4. The van der Waals surface area contributed by atoms with E-state index in [0.29, 0.717) is 17.8 Å². The van der Waals surface area contributed by atoms with E-state index in [1.54, 1.807) is 25.6 Å². The molecule has 0 aliphatic rings.